The van der Waals surface area contributed by atoms with Crippen molar-refractivity contribution in [2.24, 2.45) is 0 Å². The number of hydrogen-bond acceptors (Lipinski definition) is 3. The molecule has 0 saturated heterocycles. The Morgan fingerprint density at radius 2 is 1.87 bits per heavy atom. The lowest BCUT2D eigenvalue weighted by Crippen LogP contribution is -2.35. The topological polar surface area (TPSA) is 49.4 Å². The van der Waals surface area contributed by atoms with Gasteiger partial charge in [-0.05, 0) is 47.5 Å². The number of anilines is 1. The van der Waals surface area contributed by atoms with Gasteiger partial charge in [-0.3, -0.25) is 9.59 Å². The van der Waals surface area contributed by atoms with E-state index >= 15 is 0 Å². The van der Waals surface area contributed by atoms with Crippen molar-refractivity contribution in [1.29, 1.82) is 0 Å². The zero-order chi connectivity index (χ0) is 21.1. The lowest BCUT2D eigenvalue weighted by atomic mass is 10.1. The van der Waals surface area contributed by atoms with Crippen LogP contribution in [0, 0.1) is 5.82 Å². The number of halogens is 2. The average molecular weight is 441 g/mol. The highest BCUT2D eigenvalue weighted by Gasteiger charge is 2.26. The van der Waals surface area contributed by atoms with Gasteiger partial charge in [-0.15, -0.1) is 11.8 Å². The Hall–Kier alpha value is -2.83. The van der Waals surface area contributed by atoms with Gasteiger partial charge in [0.15, 0.2) is 0 Å². The molecular formula is C23H18ClFN2O2S. The first-order valence-electron chi connectivity index (χ1n) is 9.34. The van der Waals surface area contributed by atoms with Crippen LogP contribution in [0.15, 0.2) is 71.6 Å². The zero-order valence-corrected chi connectivity index (χ0v) is 17.5. The van der Waals surface area contributed by atoms with Crippen LogP contribution in [0.3, 0.4) is 0 Å². The lowest BCUT2D eigenvalue weighted by Gasteiger charge is -2.29. The van der Waals surface area contributed by atoms with Crippen LogP contribution in [0.1, 0.15) is 21.5 Å². The van der Waals surface area contributed by atoms with Crippen molar-refractivity contribution in [3.05, 3.63) is 94.3 Å². The molecule has 3 aromatic carbocycles. The number of nitrogens with zero attached hydrogens (tertiary/aromatic N) is 1. The van der Waals surface area contributed by atoms with Crippen LogP contribution in [0.25, 0.3) is 0 Å². The summed E-state index contributed by atoms with van der Waals surface area (Å²) in [5.74, 6) is -0.295. The maximum atomic E-state index is 13.2. The van der Waals surface area contributed by atoms with Crippen molar-refractivity contribution in [1.82, 2.24) is 5.32 Å². The second kappa shape index (κ2) is 8.90. The van der Waals surface area contributed by atoms with E-state index in [1.807, 2.05) is 24.3 Å². The first-order chi connectivity index (χ1) is 14.5. The molecule has 3 aromatic rings. The van der Waals surface area contributed by atoms with E-state index in [1.165, 1.54) is 23.9 Å². The number of fused-ring (bicyclic) bond motifs is 1. The second-order valence-corrected chi connectivity index (χ2v) is 8.28. The molecule has 0 atom stereocenters. The van der Waals surface area contributed by atoms with Crippen molar-refractivity contribution in [2.75, 3.05) is 10.7 Å². The van der Waals surface area contributed by atoms with Gasteiger partial charge in [0, 0.05) is 22.0 Å². The molecule has 0 aromatic heterocycles. The van der Waals surface area contributed by atoms with Crippen molar-refractivity contribution in [3.63, 3.8) is 0 Å². The van der Waals surface area contributed by atoms with E-state index in [9.17, 15) is 14.0 Å². The molecule has 0 aliphatic carbocycles. The molecule has 0 spiro atoms. The number of benzene rings is 3. The predicted octanol–water partition coefficient (Wildman–Crippen LogP) is 5.05. The Labute approximate surface area is 183 Å². The number of hydrogen-bond donors (Lipinski definition) is 1. The Morgan fingerprint density at radius 1 is 1.10 bits per heavy atom. The number of rotatable bonds is 5. The van der Waals surface area contributed by atoms with Crippen LogP contribution in [0.5, 0.6) is 0 Å². The third kappa shape index (κ3) is 4.50. The highest BCUT2D eigenvalue weighted by atomic mass is 35.5. The molecular weight excluding hydrogens is 423 g/mol. The molecule has 0 unspecified atom stereocenters. The molecule has 1 heterocycles. The largest absolute Gasteiger partial charge is 0.348 e. The second-order valence-electron chi connectivity index (χ2n) is 6.85. The van der Waals surface area contributed by atoms with E-state index in [1.54, 1.807) is 35.2 Å². The summed E-state index contributed by atoms with van der Waals surface area (Å²) < 4.78 is 13.2. The molecule has 0 radical (unpaired) electrons. The molecule has 0 bridgehead atoms. The van der Waals surface area contributed by atoms with Crippen LogP contribution in [-0.4, -0.2) is 17.6 Å². The summed E-state index contributed by atoms with van der Waals surface area (Å²) in [7, 11) is 0. The Morgan fingerprint density at radius 3 is 2.63 bits per heavy atom. The first kappa shape index (κ1) is 20.4. The Bertz CT molecular complexity index is 1100. The average Bonchev–Trinajstić information content (AvgIpc) is 2.76. The smallest absolute Gasteiger partial charge is 0.251 e. The molecule has 2 amide bonds. The zero-order valence-electron chi connectivity index (χ0n) is 15.9. The molecule has 0 saturated carbocycles. The van der Waals surface area contributed by atoms with Gasteiger partial charge in [0.1, 0.15) is 5.82 Å². The van der Waals surface area contributed by atoms with E-state index in [0.29, 0.717) is 35.1 Å². The molecule has 0 fully saturated rings. The minimum Gasteiger partial charge on any atom is -0.348 e. The summed E-state index contributed by atoms with van der Waals surface area (Å²) in [6.07, 6.45) is 0. The fourth-order valence-electron chi connectivity index (χ4n) is 3.21. The number of thioether (sulfide) groups is 1. The van der Waals surface area contributed by atoms with Crippen molar-refractivity contribution in [2.45, 2.75) is 18.0 Å². The number of carbonyl (C=O) groups excluding carboxylic acids is 2. The molecule has 152 valence electrons. The van der Waals surface area contributed by atoms with Crippen molar-refractivity contribution < 1.29 is 14.0 Å². The van der Waals surface area contributed by atoms with E-state index in [0.717, 1.165) is 16.0 Å². The molecule has 7 heteroatoms. The number of amides is 2. The highest BCUT2D eigenvalue weighted by molar-refractivity contribution is 8.00. The summed E-state index contributed by atoms with van der Waals surface area (Å²) in [5.41, 5.74) is 2.79. The Kier molecular flexibility index (Phi) is 6.06. The molecule has 1 aliphatic rings. The van der Waals surface area contributed by atoms with E-state index in [2.05, 4.69) is 5.32 Å². The molecule has 1 N–H and O–H groups in total. The van der Waals surface area contributed by atoms with Gasteiger partial charge in [0.05, 0.1) is 18.0 Å². The standard InChI is InChI=1S/C23H18ClFN2O2S/c24-19-4-2-1-3-17(19)12-26-23(29)16-7-10-21-20(11-16)27(22(28)14-30-21)13-15-5-8-18(25)9-6-15/h1-11H,12-14H2,(H,26,29). The molecule has 4 nitrogen and oxygen atoms in total. The molecule has 30 heavy (non-hydrogen) atoms. The van der Waals surface area contributed by atoms with Gasteiger partial charge in [0.2, 0.25) is 5.91 Å². The molecule has 1 aliphatic heterocycles. The normalized spacial score (nSPS) is 13.1. The van der Waals surface area contributed by atoms with Crippen LogP contribution in [0.2, 0.25) is 5.02 Å². The minimum atomic E-state index is -0.322. The maximum absolute atomic E-state index is 13.2. The Balaban J connectivity index is 1.55. The summed E-state index contributed by atoms with van der Waals surface area (Å²) in [6.45, 7) is 0.625. The van der Waals surface area contributed by atoms with E-state index in [-0.39, 0.29) is 17.6 Å². The third-order valence-corrected chi connectivity index (χ3v) is 6.23. The third-order valence-electron chi connectivity index (χ3n) is 4.82. The van der Waals surface area contributed by atoms with Crippen molar-refractivity contribution >= 4 is 40.9 Å². The maximum Gasteiger partial charge on any atom is 0.251 e. The van der Waals surface area contributed by atoms with Gasteiger partial charge in [-0.1, -0.05) is 41.9 Å². The quantitative estimate of drug-likeness (QED) is 0.604. The van der Waals surface area contributed by atoms with E-state index < -0.39 is 0 Å². The fourth-order valence-corrected chi connectivity index (χ4v) is 4.33. The minimum absolute atomic E-state index is 0.0505. The van der Waals surface area contributed by atoms with Crippen LogP contribution >= 0.6 is 23.4 Å². The highest BCUT2D eigenvalue weighted by Crippen LogP contribution is 2.37. The van der Waals surface area contributed by atoms with E-state index in [4.69, 9.17) is 11.6 Å². The van der Waals surface area contributed by atoms with Crippen molar-refractivity contribution in [3.8, 4) is 0 Å². The van der Waals surface area contributed by atoms with Gasteiger partial charge < -0.3 is 10.2 Å². The number of carbonyl (C=O) groups is 2. The summed E-state index contributed by atoms with van der Waals surface area (Å²) >= 11 is 7.59. The van der Waals surface area contributed by atoms with Gasteiger partial charge in [0.25, 0.3) is 5.91 Å². The lowest BCUT2D eigenvalue weighted by molar-refractivity contribution is -0.116. The van der Waals surface area contributed by atoms with Gasteiger partial charge in [-0.25, -0.2) is 4.39 Å². The first-order valence-corrected chi connectivity index (χ1v) is 10.7. The summed E-state index contributed by atoms with van der Waals surface area (Å²) in [6, 6.07) is 18.7. The van der Waals surface area contributed by atoms with Crippen LogP contribution in [0.4, 0.5) is 10.1 Å². The molecule has 4 rings (SSSR count). The fraction of sp³-hybridized carbons (Fsp3) is 0.130. The summed E-state index contributed by atoms with van der Waals surface area (Å²) in [4.78, 5) is 27.8. The number of nitrogens with one attached hydrogen (secondary N) is 1. The SMILES string of the molecule is O=C(NCc1ccccc1Cl)c1ccc2c(c1)N(Cc1ccc(F)cc1)C(=O)CS2. The van der Waals surface area contributed by atoms with Gasteiger partial charge in [-0.2, -0.15) is 0 Å². The van der Waals surface area contributed by atoms with Crippen LogP contribution < -0.4 is 10.2 Å². The van der Waals surface area contributed by atoms with Crippen LogP contribution in [-0.2, 0) is 17.9 Å². The monoisotopic (exact) mass is 440 g/mol. The van der Waals surface area contributed by atoms with Gasteiger partial charge >= 0.3 is 0 Å². The predicted molar refractivity (Wildman–Crippen MR) is 117 cm³/mol. The summed E-state index contributed by atoms with van der Waals surface area (Å²) in [5, 5.41) is 3.46.